The van der Waals surface area contributed by atoms with E-state index in [0.29, 0.717) is 41.3 Å². The molecule has 7 nitrogen and oxygen atoms in total. The number of anilines is 1. The van der Waals surface area contributed by atoms with Crippen LogP contribution in [0, 0.1) is 13.8 Å². The number of nitrogens with zero attached hydrogens (tertiary/aromatic N) is 1. The molecule has 3 amide bonds. The van der Waals surface area contributed by atoms with Crippen LogP contribution in [0.4, 0.5) is 5.69 Å². The van der Waals surface area contributed by atoms with E-state index in [1.165, 1.54) is 11.0 Å². The minimum Gasteiger partial charge on any atom is -0.493 e. The summed E-state index contributed by atoms with van der Waals surface area (Å²) in [5.74, 6) is 0.153. The third-order valence-electron chi connectivity index (χ3n) is 5.90. The predicted molar refractivity (Wildman–Crippen MR) is 129 cm³/mol. The first kappa shape index (κ1) is 23.0. The molecular weight excluding hydrogens is 432 g/mol. The molecule has 0 spiro atoms. The molecule has 1 N–H and O–H groups in total. The molecule has 0 bridgehead atoms. The molecule has 174 valence electrons. The summed E-state index contributed by atoms with van der Waals surface area (Å²) >= 11 is 0. The number of hydrogen-bond acceptors (Lipinski definition) is 5. The Morgan fingerprint density at radius 3 is 2.32 bits per heavy atom. The lowest BCUT2D eigenvalue weighted by molar-refractivity contribution is 0.0923. The Kier molecular flexibility index (Phi) is 6.36. The number of nitrogens with one attached hydrogen (secondary N) is 1. The quantitative estimate of drug-likeness (QED) is 0.539. The molecule has 34 heavy (non-hydrogen) atoms. The molecule has 0 unspecified atom stereocenters. The number of amides is 3. The van der Waals surface area contributed by atoms with Crippen LogP contribution in [-0.4, -0.2) is 38.5 Å². The molecule has 0 saturated heterocycles. The fourth-order valence-electron chi connectivity index (χ4n) is 4.02. The fourth-order valence-corrected chi connectivity index (χ4v) is 4.02. The van der Waals surface area contributed by atoms with Crippen molar-refractivity contribution in [3.05, 3.63) is 88.0 Å². The van der Waals surface area contributed by atoms with Gasteiger partial charge in [-0.25, -0.2) is 4.90 Å². The van der Waals surface area contributed by atoms with Gasteiger partial charge in [-0.3, -0.25) is 14.4 Å². The molecule has 7 heteroatoms. The second kappa shape index (κ2) is 9.39. The Labute approximate surface area is 198 Å². The smallest absolute Gasteiger partial charge is 0.266 e. The first-order valence-electron chi connectivity index (χ1n) is 10.9. The molecule has 1 aliphatic rings. The summed E-state index contributed by atoms with van der Waals surface area (Å²) in [4.78, 5) is 40.0. The van der Waals surface area contributed by atoms with Gasteiger partial charge in [0.15, 0.2) is 11.5 Å². The van der Waals surface area contributed by atoms with E-state index in [4.69, 9.17) is 9.47 Å². The molecule has 0 fully saturated rings. The van der Waals surface area contributed by atoms with Gasteiger partial charge in [0.2, 0.25) is 0 Å². The van der Waals surface area contributed by atoms with E-state index in [1.807, 2.05) is 50.2 Å². The van der Waals surface area contributed by atoms with Gasteiger partial charge in [0.25, 0.3) is 17.7 Å². The van der Waals surface area contributed by atoms with E-state index < -0.39 is 5.91 Å². The Bertz CT molecular complexity index is 1300. The van der Waals surface area contributed by atoms with Crippen LogP contribution in [-0.2, 0) is 6.42 Å². The Morgan fingerprint density at radius 1 is 0.853 bits per heavy atom. The maximum Gasteiger partial charge on any atom is 0.266 e. The van der Waals surface area contributed by atoms with Crippen LogP contribution in [0.5, 0.6) is 11.5 Å². The molecule has 1 heterocycles. The van der Waals surface area contributed by atoms with Gasteiger partial charge in [0.1, 0.15) is 0 Å². The molecule has 0 atom stereocenters. The van der Waals surface area contributed by atoms with E-state index in [2.05, 4.69) is 5.32 Å². The highest BCUT2D eigenvalue weighted by atomic mass is 16.5. The van der Waals surface area contributed by atoms with Crippen molar-refractivity contribution in [1.29, 1.82) is 0 Å². The largest absolute Gasteiger partial charge is 0.493 e. The second-order valence-electron chi connectivity index (χ2n) is 8.19. The van der Waals surface area contributed by atoms with Gasteiger partial charge >= 0.3 is 0 Å². The lowest BCUT2D eigenvalue weighted by Gasteiger charge is -2.17. The predicted octanol–water partition coefficient (Wildman–Crippen LogP) is 4.09. The zero-order valence-electron chi connectivity index (χ0n) is 19.6. The number of aryl methyl sites for hydroxylation is 2. The summed E-state index contributed by atoms with van der Waals surface area (Å²) in [6.07, 6.45) is 0.592. The van der Waals surface area contributed by atoms with Crippen LogP contribution in [0.3, 0.4) is 0 Å². The topological polar surface area (TPSA) is 84.9 Å². The standard InChI is InChI=1S/C27H26N2O5/c1-16-5-6-17(2)22(13-16)29-26(31)20-9-8-19(15-21(20)27(29)32)25(30)28-12-11-18-7-10-23(33-3)24(14-18)34-4/h5-10,13-15H,11-12H2,1-4H3,(H,28,30). The van der Waals surface area contributed by atoms with E-state index in [-0.39, 0.29) is 17.4 Å². The SMILES string of the molecule is COc1ccc(CCNC(=O)c2ccc3c(c2)C(=O)N(c2cc(C)ccc2C)C3=O)cc1OC. The zero-order chi connectivity index (χ0) is 24.4. The summed E-state index contributed by atoms with van der Waals surface area (Å²) in [5, 5.41) is 2.87. The highest BCUT2D eigenvalue weighted by Gasteiger charge is 2.37. The fraction of sp³-hybridized carbons (Fsp3) is 0.222. The van der Waals surface area contributed by atoms with Crippen LogP contribution >= 0.6 is 0 Å². The van der Waals surface area contributed by atoms with Gasteiger partial charge < -0.3 is 14.8 Å². The minimum absolute atomic E-state index is 0.235. The molecular formula is C27H26N2O5. The normalized spacial score (nSPS) is 12.5. The molecule has 0 aromatic heterocycles. The molecule has 4 rings (SSSR count). The molecule has 0 radical (unpaired) electrons. The third kappa shape index (κ3) is 4.24. The lowest BCUT2D eigenvalue weighted by Crippen LogP contribution is -2.30. The average molecular weight is 459 g/mol. The summed E-state index contributed by atoms with van der Waals surface area (Å²) < 4.78 is 10.6. The van der Waals surface area contributed by atoms with Gasteiger partial charge in [-0.15, -0.1) is 0 Å². The van der Waals surface area contributed by atoms with Crippen LogP contribution in [0.25, 0.3) is 0 Å². The van der Waals surface area contributed by atoms with Crippen LogP contribution in [0.2, 0.25) is 0 Å². The van der Waals surface area contributed by atoms with E-state index >= 15 is 0 Å². The van der Waals surface area contributed by atoms with Gasteiger partial charge in [0, 0.05) is 12.1 Å². The van der Waals surface area contributed by atoms with Crippen molar-refractivity contribution in [3.63, 3.8) is 0 Å². The van der Waals surface area contributed by atoms with Crippen LogP contribution in [0.1, 0.15) is 47.8 Å². The van der Waals surface area contributed by atoms with Gasteiger partial charge in [0.05, 0.1) is 31.0 Å². The van der Waals surface area contributed by atoms with Gasteiger partial charge in [-0.2, -0.15) is 0 Å². The van der Waals surface area contributed by atoms with Crippen molar-refractivity contribution in [2.24, 2.45) is 0 Å². The minimum atomic E-state index is -0.423. The first-order chi connectivity index (χ1) is 16.3. The van der Waals surface area contributed by atoms with Crippen molar-refractivity contribution in [1.82, 2.24) is 5.32 Å². The third-order valence-corrected chi connectivity index (χ3v) is 5.90. The van der Waals surface area contributed by atoms with Gasteiger partial charge in [-0.1, -0.05) is 18.2 Å². The number of ether oxygens (including phenoxy) is 2. The maximum atomic E-state index is 13.1. The summed E-state index contributed by atoms with van der Waals surface area (Å²) in [5.41, 5.74) is 4.19. The number of carbonyl (C=O) groups excluding carboxylic acids is 3. The molecule has 3 aromatic carbocycles. The number of fused-ring (bicyclic) bond motifs is 1. The summed E-state index contributed by atoms with van der Waals surface area (Å²) in [7, 11) is 3.15. The monoisotopic (exact) mass is 458 g/mol. The van der Waals surface area contributed by atoms with Crippen molar-refractivity contribution in [2.75, 3.05) is 25.7 Å². The van der Waals surface area contributed by atoms with Crippen molar-refractivity contribution in [2.45, 2.75) is 20.3 Å². The van der Waals surface area contributed by atoms with E-state index in [1.54, 1.807) is 26.4 Å². The highest BCUT2D eigenvalue weighted by Crippen LogP contribution is 2.32. The first-order valence-corrected chi connectivity index (χ1v) is 10.9. The van der Waals surface area contributed by atoms with Crippen molar-refractivity contribution < 1.29 is 23.9 Å². The number of imide groups is 1. The summed E-state index contributed by atoms with van der Waals surface area (Å²) in [6.45, 7) is 4.16. The lowest BCUT2D eigenvalue weighted by atomic mass is 10.1. The Hall–Kier alpha value is -4.13. The molecule has 0 aliphatic carbocycles. The number of hydrogen-bond donors (Lipinski definition) is 1. The van der Waals surface area contributed by atoms with Crippen LogP contribution < -0.4 is 19.7 Å². The van der Waals surface area contributed by atoms with Crippen LogP contribution in [0.15, 0.2) is 54.6 Å². The number of methoxy groups -OCH3 is 2. The second-order valence-corrected chi connectivity index (χ2v) is 8.19. The van der Waals surface area contributed by atoms with Gasteiger partial charge in [-0.05, 0) is 73.4 Å². The van der Waals surface area contributed by atoms with Crippen molar-refractivity contribution in [3.8, 4) is 11.5 Å². The molecule has 0 saturated carbocycles. The number of benzene rings is 3. The Balaban J connectivity index is 1.47. The number of rotatable bonds is 7. The van der Waals surface area contributed by atoms with E-state index in [9.17, 15) is 14.4 Å². The Morgan fingerprint density at radius 2 is 1.59 bits per heavy atom. The molecule has 1 aliphatic heterocycles. The molecule has 3 aromatic rings. The summed E-state index contributed by atoms with van der Waals surface area (Å²) in [6, 6.07) is 15.8. The zero-order valence-corrected chi connectivity index (χ0v) is 19.6. The maximum absolute atomic E-state index is 13.1. The average Bonchev–Trinajstić information content (AvgIpc) is 3.09. The van der Waals surface area contributed by atoms with Crippen molar-refractivity contribution >= 4 is 23.4 Å². The van der Waals surface area contributed by atoms with E-state index in [0.717, 1.165) is 16.7 Å². The highest BCUT2D eigenvalue weighted by molar-refractivity contribution is 6.35. The number of carbonyl (C=O) groups is 3.